The van der Waals surface area contributed by atoms with Crippen LogP contribution in [-0.4, -0.2) is 12.8 Å². The van der Waals surface area contributed by atoms with Gasteiger partial charge in [0.15, 0.2) is 0 Å². The fraction of sp³-hybridized carbons (Fsp3) is 0.700. The molecular weight excluding hydrogens is 275 g/mol. The summed E-state index contributed by atoms with van der Waals surface area (Å²) >= 11 is 0. The Morgan fingerprint density at radius 3 is 2.36 bits per heavy atom. The van der Waals surface area contributed by atoms with Gasteiger partial charge in [-0.05, 0) is 49.1 Å². The lowest BCUT2D eigenvalue weighted by molar-refractivity contribution is 0.124. The van der Waals surface area contributed by atoms with Gasteiger partial charge in [-0.3, -0.25) is 0 Å². The van der Waals surface area contributed by atoms with Gasteiger partial charge >= 0.3 is 0 Å². The fourth-order valence-corrected chi connectivity index (χ4v) is 3.86. The van der Waals surface area contributed by atoms with E-state index in [1.54, 1.807) is 0 Å². The number of benzene rings is 1. The molecule has 0 amide bonds. The molecule has 2 atom stereocenters. The highest BCUT2D eigenvalue weighted by Crippen LogP contribution is 2.38. The molecule has 1 aliphatic carbocycles. The van der Waals surface area contributed by atoms with Gasteiger partial charge in [-0.2, -0.15) is 0 Å². The van der Waals surface area contributed by atoms with Crippen molar-refractivity contribution in [1.29, 1.82) is 0 Å². The van der Waals surface area contributed by atoms with E-state index in [1.165, 1.54) is 32.1 Å². The maximum absolute atomic E-state index is 14.3. The lowest BCUT2D eigenvalue weighted by Crippen LogP contribution is -2.25. The predicted octanol–water partition coefficient (Wildman–Crippen LogP) is 6.04. The van der Waals surface area contributed by atoms with Crippen molar-refractivity contribution in [2.75, 3.05) is 6.61 Å². The average molecular weight is 306 g/mol. The predicted molar refractivity (Wildman–Crippen MR) is 91.0 cm³/mol. The second kappa shape index (κ2) is 9.17. The van der Waals surface area contributed by atoms with E-state index in [0.717, 1.165) is 24.0 Å². The van der Waals surface area contributed by atoms with Crippen LogP contribution in [0.3, 0.4) is 0 Å². The molecule has 1 nitrogen and oxygen atoms in total. The smallest absolute Gasteiger partial charge is 0.134 e. The average Bonchev–Trinajstić information content (AvgIpc) is 2.59. The Morgan fingerprint density at radius 2 is 1.77 bits per heavy atom. The first kappa shape index (κ1) is 17.3. The summed E-state index contributed by atoms with van der Waals surface area (Å²) < 4.78 is 19.9. The van der Waals surface area contributed by atoms with E-state index in [0.29, 0.717) is 12.3 Å². The van der Waals surface area contributed by atoms with E-state index in [1.807, 2.05) is 30.3 Å². The van der Waals surface area contributed by atoms with E-state index in [2.05, 4.69) is 13.8 Å². The van der Waals surface area contributed by atoms with E-state index in [4.69, 9.17) is 4.74 Å². The molecule has 0 radical (unpaired) electrons. The molecule has 0 aromatic heterocycles. The molecule has 1 saturated carbocycles. The van der Waals surface area contributed by atoms with Crippen LogP contribution >= 0.6 is 0 Å². The van der Waals surface area contributed by atoms with Crippen molar-refractivity contribution >= 4 is 0 Å². The lowest BCUT2D eigenvalue weighted by Gasteiger charge is -2.33. The highest BCUT2D eigenvalue weighted by molar-refractivity contribution is 5.20. The maximum Gasteiger partial charge on any atom is 0.134 e. The monoisotopic (exact) mass is 306 g/mol. The Kier molecular flexibility index (Phi) is 7.21. The number of hydrogen-bond donors (Lipinski definition) is 0. The van der Waals surface area contributed by atoms with Gasteiger partial charge in [-0.1, -0.05) is 57.7 Å². The second-order valence-electron chi connectivity index (χ2n) is 6.81. The summed E-state index contributed by atoms with van der Waals surface area (Å²) in [5.41, 5.74) is 0. The summed E-state index contributed by atoms with van der Waals surface area (Å²) in [6.45, 7) is 4.69. The number of alkyl halides is 1. The highest BCUT2D eigenvalue weighted by Gasteiger charge is 2.28. The molecule has 2 heteroatoms. The van der Waals surface area contributed by atoms with Crippen molar-refractivity contribution in [3.8, 4) is 5.75 Å². The SMILES string of the molecule is CCC(CC(F)COc1ccccc1)[C@H]1CC[C@H](CC)CC1. The number of para-hydroxylation sites is 1. The largest absolute Gasteiger partial charge is 0.491 e. The summed E-state index contributed by atoms with van der Waals surface area (Å²) in [7, 11) is 0. The number of hydrogen-bond acceptors (Lipinski definition) is 1. The molecule has 1 aliphatic rings. The van der Waals surface area contributed by atoms with Gasteiger partial charge in [0.05, 0.1) is 0 Å². The van der Waals surface area contributed by atoms with Crippen molar-refractivity contribution in [3.05, 3.63) is 30.3 Å². The van der Waals surface area contributed by atoms with Crippen LogP contribution in [0, 0.1) is 17.8 Å². The van der Waals surface area contributed by atoms with Gasteiger partial charge in [0.1, 0.15) is 18.5 Å². The van der Waals surface area contributed by atoms with E-state index in [-0.39, 0.29) is 6.61 Å². The quantitative estimate of drug-likeness (QED) is 0.569. The maximum atomic E-state index is 14.3. The third kappa shape index (κ3) is 5.30. The molecule has 0 spiro atoms. The normalized spacial score (nSPS) is 24.7. The number of ether oxygens (including phenoxy) is 1. The van der Waals surface area contributed by atoms with Crippen LogP contribution in [0.25, 0.3) is 0 Å². The molecule has 1 fully saturated rings. The first-order chi connectivity index (χ1) is 10.7. The zero-order valence-corrected chi connectivity index (χ0v) is 14.1. The molecule has 0 aliphatic heterocycles. The van der Waals surface area contributed by atoms with Crippen LogP contribution in [0.4, 0.5) is 4.39 Å². The summed E-state index contributed by atoms with van der Waals surface area (Å²) in [5.74, 6) is 2.92. The Bertz CT molecular complexity index is 397. The molecule has 124 valence electrons. The molecule has 0 heterocycles. The minimum Gasteiger partial charge on any atom is -0.491 e. The Labute approximate surface area is 135 Å². The van der Waals surface area contributed by atoms with Gasteiger partial charge < -0.3 is 4.74 Å². The first-order valence-corrected chi connectivity index (χ1v) is 9.04. The summed E-state index contributed by atoms with van der Waals surface area (Å²) in [5, 5.41) is 0. The van der Waals surface area contributed by atoms with Gasteiger partial charge in [0.2, 0.25) is 0 Å². The third-order valence-electron chi connectivity index (χ3n) is 5.39. The van der Waals surface area contributed by atoms with E-state index in [9.17, 15) is 4.39 Å². The molecule has 0 saturated heterocycles. The fourth-order valence-electron chi connectivity index (χ4n) is 3.86. The van der Waals surface area contributed by atoms with Crippen LogP contribution < -0.4 is 4.74 Å². The molecule has 0 bridgehead atoms. The topological polar surface area (TPSA) is 9.23 Å². The molecule has 2 unspecified atom stereocenters. The van der Waals surface area contributed by atoms with Gasteiger partial charge in [0, 0.05) is 0 Å². The van der Waals surface area contributed by atoms with Crippen LogP contribution in [0.1, 0.15) is 58.8 Å². The van der Waals surface area contributed by atoms with Crippen LogP contribution in [0.15, 0.2) is 30.3 Å². The second-order valence-corrected chi connectivity index (χ2v) is 6.81. The zero-order chi connectivity index (χ0) is 15.8. The van der Waals surface area contributed by atoms with Gasteiger partial charge in [-0.25, -0.2) is 4.39 Å². The standard InChI is InChI=1S/C20H31FO/c1-3-16-10-12-18(13-11-16)17(4-2)14-19(21)15-22-20-8-6-5-7-9-20/h5-9,16-19H,3-4,10-15H2,1-2H3/t16-,17?,18-,19?. The van der Waals surface area contributed by atoms with Crippen molar-refractivity contribution in [1.82, 2.24) is 0 Å². The van der Waals surface area contributed by atoms with E-state index < -0.39 is 6.17 Å². The van der Waals surface area contributed by atoms with Crippen molar-refractivity contribution in [2.45, 2.75) is 65.0 Å². The first-order valence-electron chi connectivity index (χ1n) is 9.04. The highest BCUT2D eigenvalue weighted by atomic mass is 19.1. The summed E-state index contributed by atoms with van der Waals surface area (Å²) in [6.07, 6.45) is 7.48. The minimum absolute atomic E-state index is 0.185. The molecule has 1 aromatic carbocycles. The van der Waals surface area contributed by atoms with E-state index >= 15 is 0 Å². The van der Waals surface area contributed by atoms with Gasteiger partial charge in [-0.15, -0.1) is 0 Å². The lowest BCUT2D eigenvalue weighted by atomic mass is 9.73. The molecule has 1 aromatic rings. The third-order valence-corrected chi connectivity index (χ3v) is 5.39. The van der Waals surface area contributed by atoms with Crippen molar-refractivity contribution < 1.29 is 9.13 Å². The molecule has 0 N–H and O–H groups in total. The molecular formula is C20H31FO. The summed E-state index contributed by atoms with van der Waals surface area (Å²) in [4.78, 5) is 0. The van der Waals surface area contributed by atoms with Crippen molar-refractivity contribution in [3.63, 3.8) is 0 Å². The van der Waals surface area contributed by atoms with Gasteiger partial charge in [0.25, 0.3) is 0 Å². The van der Waals surface area contributed by atoms with Crippen LogP contribution in [0.5, 0.6) is 5.75 Å². The number of halogens is 1. The van der Waals surface area contributed by atoms with Crippen LogP contribution in [0.2, 0.25) is 0 Å². The molecule has 2 rings (SSSR count). The number of rotatable bonds is 8. The molecule has 22 heavy (non-hydrogen) atoms. The summed E-state index contributed by atoms with van der Waals surface area (Å²) in [6, 6.07) is 9.55. The minimum atomic E-state index is -0.853. The Morgan fingerprint density at radius 1 is 1.09 bits per heavy atom. The van der Waals surface area contributed by atoms with Crippen LogP contribution in [-0.2, 0) is 0 Å². The zero-order valence-electron chi connectivity index (χ0n) is 14.1. The van der Waals surface area contributed by atoms with Crippen molar-refractivity contribution in [2.24, 2.45) is 17.8 Å². The Balaban J connectivity index is 1.75. The Hall–Kier alpha value is -1.05.